The predicted octanol–water partition coefficient (Wildman–Crippen LogP) is 4.36. The number of hydrogen-bond donors (Lipinski definition) is 1. The molecule has 0 unspecified atom stereocenters. The average Bonchev–Trinajstić information content (AvgIpc) is 2.38. The van der Waals surface area contributed by atoms with E-state index in [4.69, 9.17) is 5.73 Å². The molecular weight excluding hydrogens is 303 g/mol. The molecule has 0 amide bonds. The van der Waals surface area contributed by atoms with E-state index in [9.17, 15) is 13.2 Å². The minimum absolute atomic E-state index is 0. The van der Waals surface area contributed by atoms with Gasteiger partial charge in [-0.3, -0.25) is 0 Å². The van der Waals surface area contributed by atoms with Gasteiger partial charge in [0.2, 0.25) is 0 Å². The number of ether oxygens (including phenoxy) is 1. The Morgan fingerprint density at radius 2 is 1.33 bits per heavy atom. The monoisotopic (exact) mass is 317 g/mol. The summed E-state index contributed by atoms with van der Waals surface area (Å²) < 4.78 is 40.0. The van der Waals surface area contributed by atoms with Gasteiger partial charge in [0.15, 0.2) is 0 Å². The Bertz CT molecular complexity index is 567. The predicted molar refractivity (Wildman–Crippen MR) is 77.6 cm³/mol. The van der Waals surface area contributed by atoms with Crippen molar-refractivity contribution in [3.63, 3.8) is 0 Å². The van der Waals surface area contributed by atoms with E-state index in [0.717, 1.165) is 16.7 Å². The zero-order valence-corrected chi connectivity index (χ0v) is 12.0. The summed E-state index contributed by atoms with van der Waals surface area (Å²) in [6.45, 7) is 1.97. The van der Waals surface area contributed by atoms with E-state index < -0.39 is 6.36 Å². The molecule has 0 aromatic heterocycles. The summed E-state index contributed by atoms with van der Waals surface area (Å²) in [6.07, 6.45) is -4.68. The minimum atomic E-state index is -4.68. The molecule has 0 radical (unpaired) electrons. The molecule has 0 saturated heterocycles. The van der Waals surface area contributed by atoms with Crippen molar-refractivity contribution in [2.24, 2.45) is 5.73 Å². The Balaban J connectivity index is 0.00000220. The first-order valence-electron chi connectivity index (χ1n) is 6.03. The highest BCUT2D eigenvalue weighted by atomic mass is 35.5. The highest BCUT2D eigenvalue weighted by Gasteiger charge is 2.31. The zero-order valence-electron chi connectivity index (χ0n) is 11.2. The van der Waals surface area contributed by atoms with Gasteiger partial charge in [-0.2, -0.15) is 0 Å². The summed E-state index contributed by atoms with van der Waals surface area (Å²) in [5.41, 5.74) is 8.83. The first-order valence-corrected chi connectivity index (χ1v) is 6.03. The van der Waals surface area contributed by atoms with Crippen LogP contribution in [0.3, 0.4) is 0 Å². The molecule has 2 rings (SSSR count). The van der Waals surface area contributed by atoms with Crippen LogP contribution in [0.5, 0.6) is 5.75 Å². The highest BCUT2D eigenvalue weighted by Crippen LogP contribution is 2.26. The number of hydrogen-bond acceptors (Lipinski definition) is 2. The van der Waals surface area contributed by atoms with Crippen LogP contribution in [0.15, 0.2) is 48.5 Å². The van der Waals surface area contributed by atoms with Crippen LogP contribution < -0.4 is 10.5 Å². The molecule has 114 valence electrons. The van der Waals surface area contributed by atoms with Crippen LogP contribution in [0.25, 0.3) is 0 Å². The summed E-state index contributed by atoms with van der Waals surface area (Å²) >= 11 is 0. The van der Waals surface area contributed by atoms with Crippen molar-refractivity contribution in [2.75, 3.05) is 0 Å². The zero-order chi connectivity index (χ0) is 14.8. The minimum Gasteiger partial charge on any atom is -0.406 e. The van der Waals surface area contributed by atoms with Gasteiger partial charge in [0.05, 0.1) is 6.04 Å². The molecule has 2 N–H and O–H groups in total. The van der Waals surface area contributed by atoms with Gasteiger partial charge in [0, 0.05) is 0 Å². The van der Waals surface area contributed by atoms with Crippen molar-refractivity contribution in [3.05, 3.63) is 65.2 Å². The molecular formula is C15H15ClF3NO. The third-order valence-corrected chi connectivity index (χ3v) is 2.91. The molecule has 0 aliphatic carbocycles. The number of alkyl halides is 3. The number of halogens is 4. The molecule has 6 heteroatoms. The van der Waals surface area contributed by atoms with E-state index in [-0.39, 0.29) is 24.2 Å². The average molecular weight is 318 g/mol. The SMILES string of the molecule is Cc1ccc([C@@H](N)c2ccc(OC(F)(F)F)cc2)cc1.Cl. The summed E-state index contributed by atoms with van der Waals surface area (Å²) in [4.78, 5) is 0. The second-order valence-corrected chi connectivity index (χ2v) is 4.51. The molecule has 0 heterocycles. The molecule has 0 aliphatic rings. The van der Waals surface area contributed by atoms with Crippen molar-refractivity contribution < 1.29 is 17.9 Å². The van der Waals surface area contributed by atoms with Crippen molar-refractivity contribution in [2.45, 2.75) is 19.3 Å². The Hall–Kier alpha value is -1.72. The van der Waals surface area contributed by atoms with Crippen LogP contribution in [0.1, 0.15) is 22.7 Å². The fraction of sp³-hybridized carbons (Fsp3) is 0.200. The molecule has 2 aromatic rings. The maximum atomic E-state index is 12.1. The van der Waals surface area contributed by atoms with Crippen LogP contribution >= 0.6 is 12.4 Å². The van der Waals surface area contributed by atoms with Crippen molar-refractivity contribution in [3.8, 4) is 5.75 Å². The number of nitrogens with two attached hydrogens (primary N) is 1. The molecule has 0 bridgehead atoms. The van der Waals surface area contributed by atoms with Crippen LogP contribution in [-0.4, -0.2) is 6.36 Å². The van der Waals surface area contributed by atoms with E-state index in [2.05, 4.69) is 4.74 Å². The first kappa shape index (κ1) is 17.3. The molecule has 0 saturated carbocycles. The van der Waals surface area contributed by atoms with Crippen molar-refractivity contribution >= 4 is 12.4 Å². The molecule has 21 heavy (non-hydrogen) atoms. The van der Waals surface area contributed by atoms with Gasteiger partial charge in [-0.15, -0.1) is 25.6 Å². The molecule has 0 aliphatic heterocycles. The molecule has 1 atom stereocenters. The largest absolute Gasteiger partial charge is 0.573 e. The van der Waals surface area contributed by atoms with Crippen LogP contribution in [-0.2, 0) is 0 Å². The van der Waals surface area contributed by atoms with Gasteiger partial charge in [-0.25, -0.2) is 0 Å². The fourth-order valence-electron chi connectivity index (χ4n) is 1.84. The third-order valence-electron chi connectivity index (χ3n) is 2.91. The van der Waals surface area contributed by atoms with Crippen LogP contribution in [0.4, 0.5) is 13.2 Å². The quantitative estimate of drug-likeness (QED) is 0.912. The Kier molecular flexibility index (Phi) is 5.63. The fourth-order valence-corrected chi connectivity index (χ4v) is 1.84. The topological polar surface area (TPSA) is 35.2 Å². The standard InChI is InChI=1S/C15H14F3NO.ClH/c1-10-2-4-11(5-3-10)14(19)12-6-8-13(9-7-12)20-15(16,17)18;/h2-9,14H,19H2,1H3;1H/t14-;/m1./s1. The number of rotatable bonds is 3. The third kappa shape index (κ3) is 4.95. The molecule has 2 aromatic carbocycles. The maximum Gasteiger partial charge on any atom is 0.573 e. The van der Waals surface area contributed by atoms with E-state index in [1.54, 1.807) is 0 Å². The Labute approximate surface area is 127 Å². The lowest BCUT2D eigenvalue weighted by molar-refractivity contribution is -0.274. The molecule has 2 nitrogen and oxygen atoms in total. The smallest absolute Gasteiger partial charge is 0.406 e. The van der Waals surface area contributed by atoms with Gasteiger partial charge in [0.1, 0.15) is 5.75 Å². The number of benzene rings is 2. The van der Waals surface area contributed by atoms with E-state index >= 15 is 0 Å². The summed E-state index contributed by atoms with van der Waals surface area (Å²) in [7, 11) is 0. The lowest BCUT2D eigenvalue weighted by Gasteiger charge is -2.14. The van der Waals surface area contributed by atoms with E-state index in [0.29, 0.717) is 0 Å². The summed E-state index contributed by atoms with van der Waals surface area (Å²) in [5.74, 6) is -0.252. The van der Waals surface area contributed by atoms with Crippen LogP contribution in [0.2, 0.25) is 0 Å². The first-order chi connectivity index (χ1) is 9.35. The van der Waals surface area contributed by atoms with Gasteiger partial charge >= 0.3 is 6.36 Å². The number of aryl methyl sites for hydroxylation is 1. The van der Waals surface area contributed by atoms with Crippen molar-refractivity contribution in [1.82, 2.24) is 0 Å². The summed E-state index contributed by atoms with van der Waals surface area (Å²) in [6, 6.07) is 12.9. The van der Waals surface area contributed by atoms with E-state index in [1.807, 2.05) is 31.2 Å². The second kappa shape index (κ2) is 6.83. The summed E-state index contributed by atoms with van der Waals surface area (Å²) in [5, 5.41) is 0. The van der Waals surface area contributed by atoms with Gasteiger partial charge in [-0.1, -0.05) is 42.0 Å². The lowest BCUT2D eigenvalue weighted by atomic mass is 9.99. The molecule has 0 spiro atoms. The highest BCUT2D eigenvalue weighted by molar-refractivity contribution is 5.85. The molecule has 0 fully saturated rings. The van der Waals surface area contributed by atoms with Gasteiger partial charge < -0.3 is 10.5 Å². The van der Waals surface area contributed by atoms with E-state index in [1.165, 1.54) is 24.3 Å². The second-order valence-electron chi connectivity index (χ2n) is 4.51. The van der Waals surface area contributed by atoms with Crippen molar-refractivity contribution in [1.29, 1.82) is 0 Å². The maximum absolute atomic E-state index is 12.1. The van der Waals surface area contributed by atoms with Gasteiger partial charge in [-0.05, 0) is 30.2 Å². The normalized spacial score (nSPS) is 12.4. The Morgan fingerprint density at radius 3 is 1.76 bits per heavy atom. The Morgan fingerprint density at radius 1 is 0.905 bits per heavy atom. The van der Waals surface area contributed by atoms with Gasteiger partial charge in [0.25, 0.3) is 0 Å². The van der Waals surface area contributed by atoms with Crippen LogP contribution in [0, 0.1) is 6.92 Å². The lowest BCUT2D eigenvalue weighted by Crippen LogP contribution is -2.17.